The topological polar surface area (TPSA) is 128 Å². The first kappa shape index (κ1) is 27.2. The summed E-state index contributed by atoms with van der Waals surface area (Å²) in [6.45, 7) is 1.20. The summed E-state index contributed by atoms with van der Waals surface area (Å²) >= 11 is 0.345. The average Bonchev–Trinajstić information content (AvgIpc) is 3.37. The number of benzene rings is 2. The number of rotatable bonds is 4. The largest absolute Gasteiger partial charge is 0.443 e. The van der Waals surface area contributed by atoms with E-state index in [1.165, 1.54) is 0 Å². The number of nitrogens with zero attached hydrogens (tertiary/aromatic N) is 3. The van der Waals surface area contributed by atoms with Crippen LogP contribution in [0.4, 0.5) is 40.0 Å². The van der Waals surface area contributed by atoms with Gasteiger partial charge in [0.1, 0.15) is 11.0 Å². The molecule has 1 fully saturated rings. The molecule has 11 nitrogen and oxygen atoms in total. The highest BCUT2D eigenvalue weighted by molar-refractivity contribution is 7.16. The molecule has 2 aromatic carbocycles. The molecule has 3 heterocycles. The molecule has 0 radical (unpaired) electrons. The lowest BCUT2D eigenvalue weighted by Gasteiger charge is -2.28. The molecule has 3 aromatic rings. The summed E-state index contributed by atoms with van der Waals surface area (Å²) in [5.74, 6) is -1.52. The van der Waals surface area contributed by atoms with Crippen molar-refractivity contribution in [3.8, 4) is 0 Å². The Morgan fingerprint density at radius 2 is 1.73 bits per heavy atom. The summed E-state index contributed by atoms with van der Waals surface area (Å²) in [6.07, 6.45) is -4.75. The van der Waals surface area contributed by atoms with Gasteiger partial charge in [0.2, 0.25) is 10.9 Å². The maximum absolute atomic E-state index is 13.4. The molecule has 0 unspecified atom stereocenters. The molecule has 0 bridgehead atoms. The van der Waals surface area contributed by atoms with Crippen molar-refractivity contribution in [3.05, 3.63) is 65.3 Å². The number of fused-ring (bicyclic) bond motifs is 1. The van der Waals surface area contributed by atoms with Gasteiger partial charge < -0.3 is 25.2 Å². The van der Waals surface area contributed by atoms with E-state index in [9.17, 15) is 27.6 Å². The number of amides is 4. The first-order chi connectivity index (χ1) is 19.2. The summed E-state index contributed by atoms with van der Waals surface area (Å²) < 4.78 is 45.3. The lowest BCUT2D eigenvalue weighted by atomic mass is 10.2. The van der Waals surface area contributed by atoms with Gasteiger partial charge in [-0.25, -0.2) is 15.2 Å². The molecule has 5 rings (SSSR count). The fourth-order valence-corrected chi connectivity index (χ4v) is 5.27. The van der Waals surface area contributed by atoms with Crippen molar-refractivity contribution in [1.29, 1.82) is 0 Å². The molecular weight excluding hydrogens is 551 g/mol. The normalized spacial score (nSPS) is 17.4. The molecule has 4 amide bonds. The zero-order valence-corrected chi connectivity index (χ0v) is 21.6. The van der Waals surface area contributed by atoms with E-state index in [1.807, 2.05) is 47.4 Å². The Labute approximate surface area is 230 Å². The van der Waals surface area contributed by atoms with Crippen LogP contribution in [0.1, 0.15) is 15.5 Å². The molecule has 40 heavy (non-hydrogen) atoms. The van der Waals surface area contributed by atoms with Crippen LogP contribution < -0.4 is 31.3 Å². The lowest BCUT2D eigenvalue weighted by Crippen LogP contribution is -2.55. The Balaban J connectivity index is 1.29. The number of hydrogen-bond acceptors (Lipinski definition) is 8. The smallest absolute Gasteiger partial charge is 0.378 e. The van der Waals surface area contributed by atoms with Crippen molar-refractivity contribution in [2.24, 2.45) is 0 Å². The van der Waals surface area contributed by atoms with E-state index >= 15 is 0 Å². The third kappa shape index (κ3) is 5.94. The number of thiazole rings is 1. The van der Waals surface area contributed by atoms with E-state index in [0.29, 0.717) is 17.0 Å². The Kier molecular flexibility index (Phi) is 7.75. The standard InChI is InChI=1S/C25H24F3N7O4S/c26-25(27,28)23-31-19(22(40-23)34-10-12-39-13-11-34)21(37)32-33-24(38)30-17-14-35(15-6-2-1-3-7-15)18-9-5-4-8-16(18)29-20(17)36/h1-9,17H,10-14H2,(H,29,36)(H,32,37)(H2,30,33,38)/t17-/m0/s1. The zero-order chi connectivity index (χ0) is 28.3. The van der Waals surface area contributed by atoms with Gasteiger partial charge in [0.15, 0.2) is 5.69 Å². The lowest BCUT2D eigenvalue weighted by molar-refractivity contribution is -0.137. The monoisotopic (exact) mass is 575 g/mol. The quantitative estimate of drug-likeness (QED) is 0.352. The van der Waals surface area contributed by atoms with Crippen molar-refractivity contribution in [1.82, 2.24) is 21.2 Å². The Hall–Kier alpha value is -4.37. The third-order valence-electron chi connectivity index (χ3n) is 6.16. The van der Waals surface area contributed by atoms with Crippen molar-refractivity contribution in [2.75, 3.05) is 48.0 Å². The number of ether oxygens (including phenoxy) is 1. The minimum Gasteiger partial charge on any atom is -0.378 e. The van der Waals surface area contributed by atoms with Crippen LogP contribution >= 0.6 is 11.3 Å². The fourth-order valence-electron chi connectivity index (χ4n) is 4.29. The molecule has 1 saturated heterocycles. The number of carbonyl (C=O) groups excluding carboxylic acids is 3. The number of morpholine rings is 1. The number of para-hydroxylation sites is 3. The number of halogens is 3. The maximum atomic E-state index is 13.4. The first-order valence-corrected chi connectivity index (χ1v) is 13.0. The highest BCUT2D eigenvalue weighted by Gasteiger charge is 2.38. The van der Waals surface area contributed by atoms with Gasteiger partial charge in [0, 0.05) is 18.8 Å². The molecule has 1 atom stereocenters. The summed E-state index contributed by atoms with van der Waals surface area (Å²) in [4.78, 5) is 45.4. The summed E-state index contributed by atoms with van der Waals surface area (Å²) in [6, 6.07) is 14.4. The second-order valence-corrected chi connectivity index (χ2v) is 9.81. The van der Waals surface area contributed by atoms with Gasteiger partial charge in [-0.3, -0.25) is 15.0 Å². The minimum atomic E-state index is -4.75. The van der Waals surface area contributed by atoms with Crippen LogP contribution in [0, 0.1) is 0 Å². The van der Waals surface area contributed by atoms with E-state index in [2.05, 4.69) is 26.5 Å². The van der Waals surface area contributed by atoms with Crippen LogP contribution in [0.3, 0.4) is 0 Å². The molecule has 15 heteroatoms. The Bertz CT molecular complexity index is 1400. The summed E-state index contributed by atoms with van der Waals surface area (Å²) in [5, 5.41) is 4.14. The predicted octanol–water partition coefficient (Wildman–Crippen LogP) is 3.10. The number of hydrazine groups is 1. The molecule has 2 aliphatic rings. The van der Waals surface area contributed by atoms with Gasteiger partial charge >= 0.3 is 12.2 Å². The SMILES string of the molecule is O=C(NNC(=O)c1nc(C(F)(F)F)sc1N1CCOCC1)N[C@H]1CN(c2ccccc2)c2ccccc2NC1=O. The van der Waals surface area contributed by atoms with Crippen molar-refractivity contribution in [2.45, 2.75) is 12.2 Å². The van der Waals surface area contributed by atoms with Crippen LogP contribution in [0.5, 0.6) is 0 Å². The average molecular weight is 576 g/mol. The molecule has 0 aliphatic carbocycles. The number of nitrogens with one attached hydrogen (secondary N) is 4. The minimum absolute atomic E-state index is 0.0229. The van der Waals surface area contributed by atoms with E-state index in [0.717, 1.165) is 11.4 Å². The van der Waals surface area contributed by atoms with Crippen molar-refractivity contribution < 1.29 is 32.3 Å². The van der Waals surface area contributed by atoms with E-state index in [4.69, 9.17) is 4.74 Å². The maximum Gasteiger partial charge on any atom is 0.443 e. The van der Waals surface area contributed by atoms with E-state index < -0.39 is 40.8 Å². The van der Waals surface area contributed by atoms with Crippen LogP contribution in [-0.2, 0) is 15.7 Å². The number of hydrogen-bond donors (Lipinski definition) is 4. The molecule has 2 aliphatic heterocycles. The number of aromatic nitrogens is 1. The highest BCUT2D eigenvalue weighted by Crippen LogP contribution is 2.39. The fraction of sp³-hybridized carbons (Fsp3) is 0.280. The Morgan fingerprint density at radius 1 is 1.02 bits per heavy atom. The van der Waals surface area contributed by atoms with E-state index in [1.54, 1.807) is 17.0 Å². The first-order valence-electron chi connectivity index (χ1n) is 12.2. The second kappa shape index (κ2) is 11.4. The van der Waals surface area contributed by atoms with Crippen molar-refractivity contribution >= 4 is 51.2 Å². The van der Waals surface area contributed by atoms with Gasteiger partial charge in [-0.2, -0.15) is 13.2 Å². The van der Waals surface area contributed by atoms with Crippen LogP contribution in [0.2, 0.25) is 0 Å². The van der Waals surface area contributed by atoms with Gasteiger partial charge in [-0.15, -0.1) is 0 Å². The van der Waals surface area contributed by atoms with Crippen molar-refractivity contribution in [3.63, 3.8) is 0 Å². The summed E-state index contributed by atoms with van der Waals surface area (Å²) in [5.41, 5.74) is 5.79. The zero-order valence-electron chi connectivity index (χ0n) is 20.8. The van der Waals surface area contributed by atoms with Crippen LogP contribution in [0.15, 0.2) is 54.6 Å². The molecule has 0 saturated carbocycles. The van der Waals surface area contributed by atoms with E-state index in [-0.39, 0.29) is 37.8 Å². The number of alkyl halides is 3. The number of urea groups is 1. The predicted molar refractivity (Wildman–Crippen MR) is 142 cm³/mol. The van der Waals surface area contributed by atoms with Crippen LogP contribution in [-0.4, -0.2) is 61.7 Å². The van der Waals surface area contributed by atoms with Gasteiger partial charge in [-0.1, -0.05) is 41.7 Å². The Morgan fingerprint density at radius 3 is 2.45 bits per heavy atom. The van der Waals surface area contributed by atoms with Gasteiger partial charge in [0.05, 0.1) is 31.1 Å². The molecule has 210 valence electrons. The van der Waals surface area contributed by atoms with Crippen LogP contribution in [0.25, 0.3) is 0 Å². The number of anilines is 4. The second-order valence-electron chi connectivity index (χ2n) is 8.83. The third-order valence-corrected chi connectivity index (χ3v) is 7.32. The number of carbonyl (C=O) groups is 3. The molecule has 0 spiro atoms. The molecular formula is C25H24F3N7O4S. The molecule has 1 aromatic heterocycles. The van der Waals surface area contributed by atoms with Gasteiger partial charge in [-0.05, 0) is 24.3 Å². The molecule has 4 N–H and O–H groups in total. The highest BCUT2D eigenvalue weighted by atomic mass is 32.1. The van der Waals surface area contributed by atoms with Gasteiger partial charge in [0.25, 0.3) is 5.91 Å². The summed E-state index contributed by atoms with van der Waals surface area (Å²) in [7, 11) is 0.